The van der Waals surface area contributed by atoms with Gasteiger partial charge in [0, 0.05) is 25.7 Å². The van der Waals surface area contributed by atoms with Crippen molar-refractivity contribution in [3.8, 4) is 0 Å². The van der Waals surface area contributed by atoms with Gasteiger partial charge < -0.3 is 19.0 Å². The van der Waals surface area contributed by atoms with Crippen LogP contribution in [0.25, 0.3) is 0 Å². The first kappa shape index (κ1) is 14.6. The standard InChI is InChI=1S/C15H18O5/c16-9-14-7-5-12(19-14)3-1-11(18)2-4-13-6-8-15(10-17)20-13/h5-8,16-17H,1-4,9-10H2. The van der Waals surface area contributed by atoms with Crippen molar-refractivity contribution < 1.29 is 23.8 Å². The topological polar surface area (TPSA) is 83.8 Å². The molecule has 0 aliphatic carbocycles. The predicted octanol–water partition coefficient (Wildman–Crippen LogP) is 1.99. The zero-order chi connectivity index (χ0) is 14.4. The summed E-state index contributed by atoms with van der Waals surface area (Å²) in [6.45, 7) is -0.251. The van der Waals surface area contributed by atoms with Gasteiger partial charge in [0.05, 0.1) is 0 Å². The van der Waals surface area contributed by atoms with Crippen LogP contribution < -0.4 is 0 Å². The van der Waals surface area contributed by atoms with Crippen molar-refractivity contribution in [1.82, 2.24) is 0 Å². The molecule has 5 nitrogen and oxygen atoms in total. The first-order chi connectivity index (χ1) is 9.71. The van der Waals surface area contributed by atoms with Gasteiger partial charge in [0.2, 0.25) is 0 Å². The molecule has 0 fully saturated rings. The Labute approximate surface area is 116 Å². The number of carbonyl (C=O) groups excluding carboxylic acids is 1. The minimum atomic E-state index is -0.125. The van der Waals surface area contributed by atoms with E-state index < -0.39 is 0 Å². The molecule has 0 aromatic carbocycles. The highest BCUT2D eigenvalue weighted by Gasteiger charge is 2.08. The molecule has 2 heterocycles. The van der Waals surface area contributed by atoms with Gasteiger partial charge in [0.15, 0.2) is 0 Å². The molecule has 0 bridgehead atoms. The number of aliphatic hydroxyl groups is 2. The Morgan fingerprint density at radius 2 is 1.20 bits per heavy atom. The highest BCUT2D eigenvalue weighted by molar-refractivity contribution is 5.78. The summed E-state index contributed by atoms with van der Waals surface area (Å²) >= 11 is 0. The maximum atomic E-state index is 11.8. The van der Waals surface area contributed by atoms with Crippen LogP contribution in [-0.4, -0.2) is 16.0 Å². The number of hydrogen-bond donors (Lipinski definition) is 2. The van der Waals surface area contributed by atoms with Crippen molar-refractivity contribution >= 4 is 5.78 Å². The van der Waals surface area contributed by atoms with Crippen molar-refractivity contribution in [2.24, 2.45) is 0 Å². The number of rotatable bonds is 8. The Morgan fingerprint density at radius 1 is 0.800 bits per heavy atom. The van der Waals surface area contributed by atoms with E-state index in [1.165, 1.54) is 0 Å². The van der Waals surface area contributed by atoms with Crippen molar-refractivity contribution in [1.29, 1.82) is 0 Å². The fourth-order valence-corrected chi connectivity index (χ4v) is 1.93. The van der Waals surface area contributed by atoms with Crippen LogP contribution in [0.15, 0.2) is 33.1 Å². The smallest absolute Gasteiger partial charge is 0.133 e. The van der Waals surface area contributed by atoms with E-state index in [4.69, 9.17) is 19.0 Å². The summed E-state index contributed by atoms with van der Waals surface area (Å²) < 4.78 is 10.6. The monoisotopic (exact) mass is 278 g/mol. The maximum absolute atomic E-state index is 11.8. The fourth-order valence-electron chi connectivity index (χ4n) is 1.93. The third-order valence-electron chi connectivity index (χ3n) is 3.05. The van der Waals surface area contributed by atoms with Crippen molar-refractivity contribution in [3.05, 3.63) is 47.3 Å². The van der Waals surface area contributed by atoms with Gasteiger partial charge in [0.25, 0.3) is 0 Å². The molecule has 20 heavy (non-hydrogen) atoms. The lowest BCUT2D eigenvalue weighted by Gasteiger charge is -1.99. The molecule has 5 heteroatoms. The molecule has 2 N–H and O–H groups in total. The van der Waals surface area contributed by atoms with E-state index in [1.807, 2.05) is 0 Å². The van der Waals surface area contributed by atoms with Crippen LogP contribution >= 0.6 is 0 Å². The molecule has 0 aliphatic heterocycles. The molecule has 0 saturated carbocycles. The molecule has 108 valence electrons. The largest absolute Gasteiger partial charge is 0.464 e. The highest BCUT2D eigenvalue weighted by Crippen LogP contribution is 2.13. The zero-order valence-corrected chi connectivity index (χ0v) is 11.2. The molecule has 0 aliphatic rings. The Morgan fingerprint density at radius 3 is 1.55 bits per heavy atom. The molecule has 0 atom stereocenters. The summed E-state index contributed by atoms with van der Waals surface area (Å²) in [6, 6.07) is 6.97. The van der Waals surface area contributed by atoms with E-state index in [0.29, 0.717) is 48.7 Å². The van der Waals surface area contributed by atoms with Crippen LogP contribution in [0.1, 0.15) is 35.9 Å². The summed E-state index contributed by atoms with van der Waals surface area (Å²) in [5, 5.41) is 17.7. The minimum Gasteiger partial charge on any atom is -0.464 e. The number of carbonyl (C=O) groups is 1. The number of Topliss-reactive ketones (excluding diaryl/α,β-unsaturated/α-hetero) is 1. The maximum Gasteiger partial charge on any atom is 0.133 e. The van der Waals surface area contributed by atoms with Crippen LogP contribution in [0.3, 0.4) is 0 Å². The van der Waals surface area contributed by atoms with Gasteiger partial charge >= 0.3 is 0 Å². The Kier molecular flexibility index (Phi) is 5.15. The van der Waals surface area contributed by atoms with Crippen molar-refractivity contribution in [3.63, 3.8) is 0 Å². The van der Waals surface area contributed by atoms with Crippen LogP contribution in [-0.2, 0) is 30.8 Å². The number of hydrogen-bond acceptors (Lipinski definition) is 5. The van der Waals surface area contributed by atoms with Gasteiger partial charge in [-0.05, 0) is 24.3 Å². The van der Waals surface area contributed by atoms with E-state index in [0.717, 1.165) is 0 Å². The first-order valence-electron chi connectivity index (χ1n) is 6.60. The van der Waals surface area contributed by atoms with E-state index in [2.05, 4.69) is 0 Å². The van der Waals surface area contributed by atoms with Crippen LogP contribution in [0.5, 0.6) is 0 Å². The predicted molar refractivity (Wildman–Crippen MR) is 70.9 cm³/mol. The minimum absolute atomic E-state index is 0.125. The van der Waals surface area contributed by atoms with Crippen molar-refractivity contribution in [2.75, 3.05) is 0 Å². The lowest BCUT2D eigenvalue weighted by Crippen LogP contribution is -2.01. The van der Waals surface area contributed by atoms with Gasteiger partial charge in [-0.2, -0.15) is 0 Å². The summed E-state index contributed by atoms with van der Waals surface area (Å²) in [4.78, 5) is 11.8. The lowest BCUT2D eigenvalue weighted by molar-refractivity contribution is -0.119. The molecule has 2 aromatic heterocycles. The third kappa shape index (κ3) is 4.08. The van der Waals surface area contributed by atoms with Gasteiger partial charge in [-0.1, -0.05) is 0 Å². The molecule has 2 aromatic rings. The van der Waals surface area contributed by atoms with Crippen molar-refractivity contribution in [2.45, 2.75) is 38.9 Å². The molecule has 0 unspecified atom stereocenters. The number of furan rings is 2. The normalized spacial score (nSPS) is 10.9. The van der Waals surface area contributed by atoms with Gasteiger partial charge in [-0.3, -0.25) is 4.79 Å². The average molecular weight is 278 g/mol. The lowest BCUT2D eigenvalue weighted by atomic mass is 10.1. The number of aliphatic hydroxyl groups excluding tert-OH is 2. The summed E-state index contributed by atoms with van der Waals surface area (Å²) in [5.74, 6) is 2.58. The van der Waals surface area contributed by atoms with Gasteiger partial charge in [0.1, 0.15) is 42.0 Å². The Hall–Kier alpha value is -1.85. The molecule has 0 amide bonds. The molecule has 0 saturated heterocycles. The van der Waals surface area contributed by atoms with Gasteiger partial charge in [-0.15, -0.1) is 0 Å². The summed E-state index contributed by atoms with van der Waals surface area (Å²) in [6.07, 6.45) is 1.90. The number of aryl methyl sites for hydroxylation is 2. The Bertz CT molecular complexity index is 504. The summed E-state index contributed by atoms with van der Waals surface area (Å²) in [5.41, 5.74) is 0. The van der Waals surface area contributed by atoms with Crippen LogP contribution in [0.4, 0.5) is 0 Å². The first-order valence-corrected chi connectivity index (χ1v) is 6.60. The molecule has 0 radical (unpaired) electrons. The molecular formula is C15H18O5. The van der Waals surface area contributed by atoms with Crippen LogP contribution in [0, 0.1) is 0 Å². The third-order valence-corrected chi connectivity index (χ3v) is 3.05. The Balaban J connectivity index is 1.72. The molecular weight excluding hydrogens is 260 g/mol. The number of ketones is 1. The average Bonchev–Trinajstić information content (AvgIpc) is 3.11. The second kappa shape index (κ2) is 7.07. The second-order valence-corrected chi connectivity index (χ2v) is 4.59. The van der Waals surface area contributed by atoms with Crippen LogP contribution in [0.2, 0.25) is 0 Å². The van der Waals surface area contributed by atoms with Gasteiger partial charge in [-0.25, -0.2) is 0 Å². The molecule has 0 spiro atoms. The highest BCUT2D eigenvalue weighted by atomic mass is 16.4. The SMILES string of the molecule is O=C(CCc1ccc(CO)o1)CCc1ccc(CO)o1. The van der Waals surface area contributed by atoms with E-state index in [-0.39, 0.29) is 19.0 Å². The molecule has 2 rings (SSSR count). The quantitative estimate of drug-likeness (QED) is 0.771. The summed E-state index contributed by atoms with van der Waals surface area (Å²) in [7, 11) is 0. The van der Waals surface area contributed by atoms with E-state index >= 15 is 0 Å². The zero-order valence-electron chi connectivity index (χ0n) is 11.2. The van der Waals surface area contributed by atoms with E-state index in [9.17, 15) is 4.79 Å². The fraction of sp³-hybridized carbons (Fsp3) is 0.400. The second-order valence-electron chi connectivity index (χ2n) is 4.59. The van der Waals surface area contributed by atoms with E-state index in [1.54, 1.807) is 24.3 Å².